The molecule has 1 aromatic rings. The predicted octanol–water partition coefficient (Wildman–Crippen LogP) is 4.71. The fraction of sp³-hybridized carbons (Fsp3) is 0.571. The van der Waals surface area contributed by atoms with Crippen molar-refractivity contribution >= 4 is 0 Å². The Labute approximate surface area is 101 Å². The van der Waals surface area contributed by atoms with E-state index in [1.165, 1.54) is 0 Å². The fourth-order valence-corrected chi connectivity index (χ4v) is 2.05. The average molecular weight is 244 g/mol. The van der Waals surface area contributed by atoms with Crippen LogP contribution in [0.5, 0.6) is 0 Å². The molecule has 0 spiro atoms. The zero-order valence-electron chi connectivity index (χ0n) is 11.0. The van der Waals surface area contributed by atoms with Crippen LogP contribution in [-0.2, 0) is 11.8 Å². The Morgan fingerprint density at radius 2 is 1.53 bits per heavy atom. The fourth-order valence-electron chi connectivity index (χ4n) is 2.05. The first-order chi connectivity index (χ1) is 7.50. The minimum atomic E-state index is -4.14. The van der Waals surface area contributed by atoms with Gasteiger partial charge in [0.15, 0.2) is 0 Å². The van der Waals surface area contributed by atoms with E-state index in [0.717, 1.165) is 16.7 Å². The summed E-state index contributed by atoms with van der Waals surface area (Å²) in [6.45, 7) is 9.89. The number of aryl methyl sites for hydroxylation is 1. The lowest BCUT2D eigenvalue weighted by atomic mass is 9.81. The second-order valence-corrected chi connectivity index (χ2v) is 5.63. The van der Waals surface area contributed by atoms with Gasteiger partial charge in [0.1, 0.15) is 0 Å². The molecule has 0 aliphatic heterocycles. The molecule has 1 aromatic carbocycles. The highest BCUT2D eigenvalue weighted by Crippen LogP contribution is 2.31. The summed E-state index contributed by atoms with van der Waals surface area (Å²) in [6, 6.07) is 3.33. The number of hydrogen-bond donors (Lipinski definition) is 0. The minimum Gasteiger partial charge on any atom is -0.171 e. The number of benzene rings is 1. The Hall–Kier alpha value is -0.990. The molecule has 0 aliphatic carbocycles. The molecule has 17 heavy (non-hydrogen) atoms. The molecule has 0 aromatic heterocycles. The number of rotatable bonds is 1. The molecule has 0 saturated heterocycles. The van der Waals surface area contributed by atoms with Crippen LogP contribution in [0.25, 0.3) is 0 Å². The van der Waals surface area contributed by atoms with Gasteiger partial charge in [-0.3, -0.25) is 0 Å². The number of alkyl halides is 3. The number of hydrogen-bond acceptors (Lipinski definition) is 0. The third-order valence-corrected chi connectivity index (χ3v) is 2.94. The zero-order valence-corrected chi connectivity index (χ0v) is 11.0. The first-order valence-corrected chi connectivity index (χ1v) is 5.68. The molecule has 0 bridgehead atoms. The maximum atomic E-state index is 12.4. The van der Waals surface area contributed by atoms with Crippen LogP contribution in [0.1, 0.15) is 43.0 Å². The van der Waals surface area contributed by atoms with E-state index < -0.39 is 12.6 Å². The molecule has 0 fully saturated rings. The lowest BCUT2D eigenvalue weighted by Gasteiger charge is -2.24. The molecule has 3 heteroatoms. The van der Waals surface area contributed by atoms with Gasteiger partial charge in [0.05, 0.1) is 6.42 Å². The third kappa shape index (κ3) is 3.76. The van der Waals surface area contributed by atoms with Crippen molar-refractivity contribution in [2.75, 3.05) is 0 Å². The van der Waals surface area contributed by atoms with Crippen LogP contribution in [0.4, 0.5) is 13.2 Å². The molecule has 0 radical (unpaired) electrons. The first kappa shape index (κ1) is 14.1. The third-order valence-electron chi connectivity index (χ3n) is 2.94. The molecule has 0 aliphatic rings. The zero-order chi connectivity index (χ0) is 13.4. The van der Waals surface area contributed by atoms with Gasteiger partial charge < -0.3 is 0 Å². The highest BCUT2D eigenvalue weighted by atomic mass is 19.4. The maximum absolute atomic E-state index is 12.4. The van der Waals surface area contributed by atoms with Gasteiger partial charge >= 0.3 is 6.18 Å². The minimum absolute atomic E-state index is 0.129. The summed E-state index contributed by atoms with van der Waals surface area (Å²) in [7, 11) is 0. The Bertz CT molecular complexity index is 409. The van der Waals surface area contributed by atoms with Crippen LogP contribution in [-0.4, -0.2) is 6.18 Å². The topological polar surface area (TPSA) is 0 Å². The van der Waals surface area contributed by atoms with Crippen LogP contribution in [0, 0.1) is 13.8 Å². The van der Waals surface area contributed by atoms with Crippen molar-refractivity contribution in [3.63, 3.8) is 0 Å². The quantitative estimate of drug-likeness (QED) is 0.671. The van der Waals surface area contributed by atoms with Gasteiger partial charge in [0.25, 0.3) is 0 Å². The summed E-state index contributed by atoms with van der Waals surface area (Å²) in [6.07, 6.45) is -4.99. The monoisotopic (exact) mass is 244 g/mol. The van der Waals surface area contributed by atoms with Gasteiger partial charge in [0.2, 0.25) is 0 Å². The van der Waals surface area contributed by atoms with Crippen molar-refractivity contribution in [2.45, 2.75) is 52.6 Å². The molecule has 0 atom stereocenters. The molecular weight excluding hydrogens is 225 g/mol. The smallest absolute Gasteiger partial charge is 0.171 e. The van der Waals surface area contributed by atoms with E-state index in [1.54, 1.807) is 12.1 Å². The van der Waals surface area contributed by atoms with Crippen LogP contribution in [0.2, 0.25) is 0 Å². The molecular formula is C14H19F3. The van der Waals surface area contributed by atoms with Crippen molar-refractivity contribution in [2.24, 2.45) is 0 Å². The van der Waals surface area contributed by atoms with E-state index in [4.69, 9.17) is 0 Å². The largest absolute Gasteiger partial charge is 0.393 e. The summed E-state index contributed by atoms with van der Waals surface area (Å²) in [4.78, 5) is 0. The summed E-state index contributed by atoms with van der Waals surface area (Å²) in [5, 5.41) is 0. The van der Waals surface area contributed by atoms with E-state index in [0.29, 0.717) is 5.56 Å². The highest BCUT2D eigenvalue weighted by Gasteiger charge is 2.29. The van der Waals surface area contributed by atoms with Gasteiger partial charge in [-0.25, -0.2) is 0 Å². The molecule has 0 N–H and O–H groups in total. The molecule has 1 rings (SSSR count). The van der Waals surface area contributed by atoms with Crippen molar-refractivity contribution < 1.29 is 13.2 Å². The molecule has 0 nitrogen and oxygen atoms in total. The summed E-state index contributed by atoms with van der Waals surface area (Å²) >= 11 is 0. The van der Waals surface area contributed by atoms with Gasteiger partial charge in [0, 0.05) is 0 Å². The average Bonchev–Trinajstić information content (AvgIpc) is 2.06. The Kier molecular flexibility index (Phi) is 3.60. The van der Waals surface area contributed by atoms with Crippen LogP contribution in [0.15, 0.2) is 12.1 Å². The second kappa shape index (κ2) is 4.35. The van der Waals surface area contributed by atoms with Crippen LogP contribution < -0.4 is 0 Å². The van der Waals surface area contributed by atoms with E-state index in [2.05, 4.69) is 0 Å². The van der Waals surface area contributed by atoms with E-state index in [1.807, 2.05) is 34.6 Å². The van der Waals surface area contributed by atoms with E-state index in [-0.39, 0.29) is 5.41 Å². The first-order valence-electron chi connectivity index (χ1n) is 5.68. The standard InChI is InChI=1S/C14H19F3/c1-9-6-11(8-14(15,16)17)7-12(10(9)2)13(3,4)5/h6-7H,8H2,1-5H3. The lowest BCUT2D eigenvalue weighted by molar-refractivity contribution is -0.127. The second-order valence-electron chi connectivity index (χ2n) is 5.63. The van der Waals surface area contributed by atoms with E-state index >= 15 is 0 Å². The van der Waals surface area contributed by atoms with Crippen molar-refractivity contribution in [3.8, 4) is 0 Å². The predicted molar refractivity (Wildman–Crippen MR) is 64.4 cm³/mol. The van der Waals surface area contributed by atoms with Crippen LogP contribution >= 0.6 is 0 Å². The van der Waals surface area contributed by atoms with Crippen molar-refractivity contribution in [1.29, 1.82) is 0 Å². The molecule has 96 valence electrons. The van der Waals surface area contributed by atoms with Crippen LogP contribution in [0.3, 0.4) is 0 Å². The van der Waals surface area contributed by atoms with Gasteiger partial charge in [-0.15, -0.1) is 0 Å². The molecule has 0 saturated carbocycles. The Balaban J connectivity index is 3.25. The summed E-state index contributed by atoms with van der Waals surface area (Å²) in [5.74, 6) is 0. The SMILES string of the molecule is Cc1cc(CC(F)(F)F)cc(C(C)(C)C)c1C. The summed E-state index contributed by atoms with van der Waals surface area (Å²) < 4.78 is 37.2. The summed E-state index contributed by atoms with van der Waals surface area (Å²) in [5.41, 5.74) is 3.23. The Morgan fingerprint density at radius 3 is 1.94 bits per heavy atom. The van der Waals surface area contributed by atoms with Gasteiger partial charge in [-0.2, -0.15) is 13.2 Å². The number of halogens is 3. The van der Waals surface area contributed by atoms with Crippen molar-refractivity contribution in [1.82, 2.24) is 0 Å². The normalized spacial score (nSPS) is 12.9. The van der Waals surface area contributed by atoms with Crippen molar-refractivity contribution in [3.05, 3.63) is 34.4 Å². The maximum Gasteiger partial charge on any atom is 0.393 e. The lowest BCUT2D eigenvalue weighted by Crippen LogP contribution is -2.17. The molecule has 0 heterocycles. The van der Waals surface area contributed by atoms with Gasteiger partial charge in [-0.1, -0.05) is 32.9 Å². The Morgan fingerprint density at radius 1 is 1.00 bits per heavy atom. The molecule has 0 amide bonds. The van der Waals surface area contributed by atoms with E-state index in [9.17, 15) is 13.2 Å². The van der Waals surface area contributed by atoms with Gasteiger partial charge in [-0.05, 0) is 41.5 Å². The highest BCUT2D eigenvalue weighted by molar-refractivity contribution is 5.41. The molecule has 0 unspecified atom stereocenters.